The lowest BCUT2D eigenvalue weighted by atomic mass is 10.0. The second kappa shape index (κ2) is 13.2. The minimum absolute atomic E-state index is 0.261. The Hall–Kier alpha value is -3.22. The molecule has 0 spiro atoms. The Morgan fingerprint density at radius 2 is 1.16 bits per heavy atom. The van der Waals surface area contributed by atoms with E-state index in [1.54, 1.807) is 13.8 Å². The SMILES string of the molecule is CC(N)C(=O)NC(CCC(=O)O)C(=O)NC(C(=O)NC(CCC(=O)O)C(=O)O)C(C)C. The predicted molar refractivity (Wildman–Crippen MR) is 106 cm³/mol. The van der Waals surface area contributed by atoms with Crippen LogP contribution in [0.1, 0.15) is 46.5 Å². The number of carboxylic acid groups (broad SMARTS) is 3. The molecule has 3 amide bonds. The molecule has 4 atom stereocenters. The third-order valence-electron chi connectivity index (χ3n) is 4.20. The van der Waals surface area contributed by atoms with Crippen LogP contribution in [-0.4, -0.2) is 75.1 Å². The summed E-state index contributed by atoms with van der Waals surface area (Å²) >= 11 is 0. The number of carbonyl (C=O) groups is 6. The predicted octanol–water partition coefficient (Wildman–Crippen LogP) is -1.74. The largest absolute Gasteiger partial charge is 0.481 e. The van der Waals surface area contributed by atoms with E-state index < -0.39 is 78.6 Å². The van der Waals surface area contributed by atoms with Crippen molar-refractivity contribution in [1.29, 1.82) is 0 Å². The standard InChI is InChI=1S/C18H30N4O9/c1-8(2)14(17(29)21-11(18(30)31)5-7-13(25)26)22-16(28)10(4-6-12(23)24)20-15(27)9(3)19/h8-11,14H,4-7,19H2,1-3H3,(H,20,27)(H,21,29)(H,22,28)(H,23,24)(H,25,26)(H,30,31). The molecule has 0 saturated heterocycles. The molecule has 176 valence electrons. The summed E-state index contributed by atoms with van der Waals surface area (Å²) in [5.74, 6) is -6.79. The van der Waals surface area contributed by atoms with Crippen LogP contribution in [0.2, 0.25) is 0 Å². The van der Waals surface area contributed by atoms with Crippen LogP contribution < -0.4 is 21.7 Å². The van der Waals surface area contributed by atoms with Gasteiger partial charge in [-0.15, -0.1) is 0 Å². The number of hydrogen-bond acceptors (Lipinski definition) is 7. The minimum Gasteiger partial charge on any atom is -0.481 e. The quantitative estimate of drug-likeness (QED) is 0.159. The van der Waals surface area contributed by atoms with Crippen molar-refractivity contribution < 1.29 is 44.1 Å². The molecule has 0 aliphatic carbocycles. The summed E-state index contributed by atoms with van der Waals surface area (Å²) in [6.07, 6.45) is -1.55. The van der Waals surface area contributed by atoms with E-state index in [0.717, 1.165) is 0 Å². The van der Waals surface area contributed by atoms with Crippen LogP contribution in [0.15, 0.2) is 0 Å². The highest BCUT2D eigenvalue weighted by Gasteiger charge is 2.31. The zero-order valence-electron chi connectivity index (χ0n) is 17.6. The Labute approximate surface area is 178 Å². The molecule has 0 bridgehead atoms. The number of nitrogens with two attached hydrogens (primary N) is 1. The van der Waals surface area contributed by atoms with E-state index in [2.05, 4.69) is 16.0 Å². The fourth-order valence-electron chi connectivity index (χ4n) is 2.42. The molecule has 13 heteroatoms. The number of amides is 3. The molecule has 0 aliphatic rings. The minimum atomic E-state index is -1.48. The van der Waals surface area contributed by atoms with E-state index in [9.17, 15) is 33.9 Å². The first kappa shape index (κ1) is 27.8. The van der Waals surface area contributed by atoms with Crippen LogP contribution in [0.4, 0.5) is 0 Å². The Morgan fingerprint density at radius 1 is 0.710 bits per heavy atom. The molecule has 0 aromatic carbocycles. The van der Waals surface area contributed by atoms with Gasteiger partial charge in [0.1, 0.15) is 18.1 Å². The highest BCUT2D eigenvalue weighted by Crippen LogP contribution is 2.07. The molecule has 13 nitrogen and oxygen atoms in total. The fourth-order valence-corrected chi connectivity index (χ4v) is 2.42. The van der Waals surface area contributed by atoms with Crippen molar-refractivity contribution in [3.05, 3.63) is 0 Å². The van der Waals surface area contributed by atoms with E-state index in [-0.39, 0.29) is 12.8 Å². The van der Waals surface area contributed by atoms with Gasteiger partial charge in [0.2, 0.25) is 17.7 Å². The number of rotatable bonds is 14. The molecule has 0 aromatic rings. The molecule has 31 heavy (non-hydrogen) atoms. The van der Waals surface area contributed by atoms with E-state index in [4.69, 9.17) is 15.9 Å². The van der Waals surface area contributed by atoms with Crippen LogP contribution >= 0.6 is 0 Å². The Kier molecular flexibility index (Phi) is 11.8. The molecule has 0 radical (unpaired) electrons. The van der Waals surface area contributed by atoms with E-state index in [0.29, 0.717) is 0 Å². The molecule has 0 fully saturated rings. The van der Waals surface area contributed by atoms with Crippen molar-refractivity contribution in [2.45, 2.75) is 70.6 Å². The monoisotopic (exact) mass is 446 g/mol. The first-order chi connectivity index (χ1) is 14.3. The van der Waals surface area contributed by atoms with Gasteiger partial charge >= 0.3 is 17.9 Å². The number of nitrogens with one attached hydrogen (secondary N) is 3. The van der Waals surface area contributed by atoms with Gasteiger partial charge in [-0.1, -0.05) is 13.8 Å². The second-order valence-corrected chi connectivity index (χ2v) is 7.34. The summed E-state index contributed by atoms with van der Waals surface area (Å²) in [5.41, 5.74) is 5.45. The maximum Gasteiger partial charge on any atom is 0.326 e. The van der Waals surface area contributed by atoms with Crippen molar-refractivity contribution in [2.75, 3.05) is 0 Å². The molecular formula is C18H30N4O9. The summed E-state index contributed by atoms with van der Waals surface area (Å²) in [4.78, 5) is 69.9. The van der Waals surface area contributed by atoms with Gasteiger partial charge in [-0.25, -0.2) is 4.79 Å². The lowest BCUT2D eigenvalue weighted by Gasteiger charge is -2.26. The normalized spacial score (nSPS) is 14.6. The lowest BCUT2D eigenvalue weighted by molar-refractivity contribution is -0.143. The molecule has 0 aromatic heterocycles. The Balaban J connectivity index is 5.38. The van der Waals surface area contributed by atoms with E-state index >= 15 is 0 Å². The lowest BCUT2D eigenvalue weighted by Crippen LogP contribution is -2.58. The van der Waals surface area contributed by atoms with Gasteiger partial charge in [0.25, 0.3) is 0 Å². The van der Waals surface area contributed by atoms with Crippen molar-refractivity contribution >= 4 is 35.6 Å². The molecule has 0 heterocycles. The molecular weight excluding hydrogens is 416 g/mol. The topological polar surface area (TPSA) is 225 Å². The zero-order chi connectivity index (χ0) is 24.3. The third kappa shape index (κ3) is 10.9. The van der Waals surface area contributed by atoms with E-state index in [1.165, 1.54) is 6.92 Å². The fraction of sp³-hybridized carbons (Fsp3) is 0.667. The highest BCUT2D eigenvalue weighted by molar-refractivity contribution is 5.94. The zero-order valence-corrected chi connectivity index (χ0v) is 17.6. The first-order valence-corrected chi connectivity index (χ1v) is 9.59. The van der Waals surface area contributed by atoms with Gasteiger partial charge in [-0.05, 0) is 25.7 Å². The van der Waals surface area contributed by atoms with Crippen LogP contribution in [0.3, 0.4) is 0 Å². The summed E-state index contributed by atoms with van der Waals surface area (Å²) in [7, 11) is 0. The number of carbonyl (C=O) groups excluding carboxylic acids is 3. The third-order valence-corrected chi connectivity index (χ3v) is 4.20. The van der Waals surface area contributed by atoms with Crippen LogP contribution in [0, 0.1) is 5.92 Å². The van der Waals surface area contributed by atoms with Crippen LogP contribution in [-0.2, 0) is 28.8 Å². The van der Waals surface area contributed by atoms with Gasteiger partial charge in [0.15, 0.2) is 0 Å². The summed E-state index contributed by atoms with van der Waals surface area (Å²) < 4.78 is 0. The van der Waals surface area contributed by atoms with Crippen molar-refractivity contribution in [1.82, 2.24) is 16.0 Å². The average molecular weight is 446 g/mol. The highest BCUT2D eigenvalue weighted by atomic mass is 16.4. The smallest absolute Gasteiger partial charge is 0.326 e. The number of hydrogen-bond donors (Lipinski definition) is 7. The summed E-state index contributed by atoms with van der Waals surface area (Å²) in [5, 5.41) is 33.6. The van der Waals surface area contributed by atoms with Crippen LogP contribution in [0.25, 0.3) is 0 Å². The molecule has 4 unspecified atom stereocenters. The van der Waals surface area contributed by atoms with Gasteiger partial charge in [0, 0.05) is 12.8 Å². The van der Waals surface area contributed by atoms with Crippen molar-refractivity contribution in [2.24, 2.45) is 11.7 Å². The summed E-state index contributed by atoms with van der Waals surface area (Å²) in [6, 6.07) is -4.96. The number of aliphatic carboxylic acids is 3. The van der Waals surface area contributed by atoms with Crippen molar-refractivity contribution in [3.63, 3.8) is 0 Å². The Bertz CT molecular complexity index is 694. The molecule has 8 N–H and O–H groups in total. The molecule has 0 rings (SSSR count). The number of carboxylic acids is 3. The second-order valence-electron chi connectivity index (χ2n) is 7.34. The van der Waals surface area contributed by atoms with Gasteiger partial charge in [-0.3, -0.25) is 24.0 Å². The average Bonchev–Trinajstić information content (AvgIpc) is 2.64. The Morgan fingerprint density at radius 3 is 1.55 bits per heavy atom. The molecule has 0 saturated carbocycles. The molecule has 0 aliphatic heterocycles. The van der Waals surface area contributed by atoms with Crippen LogP contribution in [0.5, 0.6) is 0 Å². The van der Waals surface area contributed by atoms with E-state index in [1.807, 2.05) is 0 Å². The summed E-state index contributed by atoms with van der Waals surface area (Å²) in [6.45, 7) is 4.52. The van der Waals surface area contributed by atoms with Gasteiger partial charge in [0.05, 0.1) is 6.04 Å². The maximum absolute atomic E-state index is 12.6. The van der Waals surface area contributed by atoms with Gasteiger partial charge < -0.3 is 37.0 Å². The van der Waals surface area contributed by atoms with Gasteiger partial charge in [-0.2, -0.15) is 0 Å². The van der Waals surface area contributed by atoms with Crippen molar-refractivity contribution in [3.8, 4) is 0 Å². The maximum atomic E-state index is 12.6. The first-order valence-electron chi connectivity index (χ1n) is 9.59.